The van der Waals surface area contributed by atoms with Crippen molar-refractivity contribution in [2.75, 3.05) is 18.5 Å². The topological polar surface area (TPSA) is 70.1 Å². The molecule has 0 saturated carbocycles. The molecule has 0 radical (unpaired) electrons. The molecule has 0 aliphatic rings. The molecular weight excluding hydrogens is 214 g/mol. The number of amides is 1. The van der Waals surface area contributed by atoms with Gasteiger partial charge in [-0.15, -0.1) is 0 Å². The largest absolute Gasteiger partial charge is 0.330 e. The zero-order valence-corrected chi connectivity index (χ0v) is 10.0. The van der Waals surface area contributed by atoms with E-state index in [1.54, 1.807) is 30.1 Å². The summed E-state index contributed by atoms with van der Waals surface area (Å²) in [5.41, 5.74) is 6.69. The molecule has 0 spiro atoms. The molecule has 0 bridgehead atoms. The van der Waals surface area contributed by atoms with Crippen LogP contribution in [0.1, 0.15) is 24.8 Å². The van der Waals surface area contributed by atoms with Gasteiger partial charge in [0.25, 0.3) is 0 Å². The molecule has 1 amide bonds. The quantitative estimate of drug-likeness (QED) is 0.783. The van der Waals surface area contributed by atoms with Crippen molar-refractivity contribution < 1.29 is 4.79 Å². The van der Waals surface area contributed by atoms with Gasteiger partial charge < -0.3 is 10.6 Å². The van der Waals surface area contributed by atoms with Crippen molar-refractivity contribution in [3.05, 3.63) is 29.8 Å². The Hall–Kier alpha value is -1.86. The molecule has 0 saturated heterocycles. The summed E-state index contributed by atoms with van der Waals surface area (Å²) < 4.78 is 0. The van der Waals surface area contributed by atoms with E-state index in [-0.39, 0.29) is 5.91 Å². The van der Waals surface area contributed by atoms with Crippen molar-refractivity contribution in [3.8, 4) is 6.07 Å². The minimum Gasteiger partial charge on any atom is -0.330 e. The average Bonchev–Trinajstić information content (AvgIpc) is 2.38. The van der Waals surface area contributed by atoms with Crippen molar-refractivity contribution in [2.45, 2.75) is 19.3 Å². The van der Waals surface area contributed by atoms with Gasteiger partial charge in [0.05, 0.1) is 11.6 Å². The number of hydrogen-bond acceptors (Lipinski definition) is 3. The number of hydrogen-bond donors (Lipinski definition) is 1. The number of nitrogens with zero attached hydrogens (tertiary/aromatic N) is 2. The fourth-order valence-corrected chi connectivity index (χ4v) is 1.52. The molecule has 0 aliphatic carbocycles. The summed E-state index contributed by atoms with van der Waals surface area (Å²) in [6, 6.07) is 9.08. The molecule has 1 rings (SSSR count). The summed E-state index contributed by atoms with van der Waals surface area (Å²) in [4.78, 5) is 13.4. The summed E-state index contributed by atoms with van der Waals surface area (Å²) in [7, 11) is 1.72. The van der Waals surface area contributed by atoms with E-state index in [9.17, 15) is 4.79 Å². The van der Waals surface area contributed by atoms with Crippen LogP contribution >= 0.6 is 0 Å². The lowest BCUT2D eigenvalue weighted by Gasteiger charge is -2.17. The molecule has 2 N–H and O–H groups in total. The van der Waals surface area contributed by atoms with Gasteiger partial charge in [0.2, 0.25) is 5.91 Å². The fraction of sp³-hybridized carbons (Fsp3) is 0.385. The predicted octanol–water partition coefficient (Wildman–Crippen LogP) is 1.65. The highest BCUT2D eigenvalue weighted by Crippen LogP contribution is 2.15. The van der Waals surface area contributed by atoms with Gasteiger partial charge in [-0.1, -0.05) is 6.07 Å². The summed E-state index contributed by atoms with van der Waals surface area (Å²) in [6.45, 7) is 0.612. The number of anilines is 1. The number of nitriles is 1. The van der Waals surface area contributed by atoms with Crippen LogP contribution in [0.15, 0.2) is 24.3 Å². The molecule has 17 heavy (non-hydrogen) atoms. The highest BCUT2D eigenvalue weighted by atomic mass is 16.2. The second-order valence-electron chi connectivity index (χ2n) is 3.86. The first-order valence-corrected chi connectivity index (χ1v) is 5.66. The minimum absolute atomic E-state index is 0.0496. The second-order valence-corrected chi connectivity index (χ2v) is 3.86. The van der Waals surface area contributed by atoms with E-state index in [4.69, 9.17) is 11.0 Å². The second kappa shape index (κ2) is 6.66. The van der Waals surface area contributed by atoms with Crippen molar-refractivity contribution >= 4 is 11.6 Å². The Morgan fingerprint density at radius 2 is 2.24 bits per heavy atom. The molecule has 0 fully saturated rings. The van der Waals surface area contributed by atoms with E-state index in [1.165, 1.54) is 0 Å². The summed E-state index contributed by atoms with van der Waals surface area (Å²) in [5.74, 6) is 0.0496. The third kappa shape index (κ3) is 3.89. The van der Waals surface area contributed by atoms with Crippen molar-refractivity contribution in [1.82, 2.24) is 0 Å². The summed E-state index contributed by atoms with van der Waals surface area (Å²) in [5, 5.41) is 8.79. The van der Waals surface area contributed by atoms with Gasteiger partial charge in [-0.3, -0.25) is 4.79 Å². The van der Waals surface area contributed by atoms with E-state index in [0.29, 0.717) is 18.5 Å². The molecule has 1 aromatic rings. The lowest BCUT2D eigenvalue weighted by atomic mass is 10.2. The fourth-order valence-electron chi connectivity index (χ4n) is 1.52. The van der Waals surface area contributed by atoms with Crippen LogP contribution in [-0.2, 0) is 4.79 Å². The molecule has 0 aromatic heterocycles. The maximum absolute atomic E-state index is 11.8. The lowest BCUT2D eigenvalue weighted by molar-refractivity contribution is -0.118. The number of rotatable bonds is 5. The highest BCUT2D eigenvalue weighted by Gasteiger charge is 2.10. The van der Waals surface area contributed by atoms with Gasteiger partial charge in [-0.2, -0.15) is 5.26 Å². The predicted molar refractivity (Wildman–Crippen MR) is 67.5 cm³/mol. The van der Waals surface area contributed by atoms with Crippen LogP contribution in [0.4, 0.5) is 5.69 Å². The third-order valence-corrected chi connectivity index (χ3v) is 2.58. The zero-order valence-electron chi connectivity index (χ0n) is 10.0. The van der Waals surface area contributed by atoms with Crippen molar-refractivity contribution in [2.24, 2.45) is 5.73 Å². The number of carbonyl (C=O) groups excluding carboxylic acids is 1. The van der Waals surface area contributed by atoms with Gasteiger partial charge in [-0.05, 0) is 37.6 Å². The Bertz CT molecular complexity index is 423. The van der Waals surface area contributed by atoms with Crippen LogP contribution in [0.3, 0.4) is 0 Å². The van der Waals surface area contributed by atoms with Gasteiger partial charge in [0.15, 0.2) is 0 Å². The van der Waals surface area contributed by atoms with E-state index in [1.807, 2.05) is 6.07 Å². The van der Waals surface area contributed by atoms with Gasteiger partial charge in [0.1, 0.15) is 0 Å². The molecule has 0 heterocycles. The molecule has 90 valence electrons. The van der Waals surface area contributed by atoms with Crippen LogP contribution in [0.25, 0.3) is 0 Å². The third-order valence-electron chi connectivity index (χ3n) is 2.58. The number of nitrogens with two attached hydrogens (primary N) is 1. The van der Waals surface area contributed by atoms with Crippen LogP contribution in [0.2, 0.25) is 0 Å². The first kappa shape index (κ1) is 13.2. The number of benzene rings is 1. The van der Waals surface area contributed by atoms with Crippen LogP contribution in [0, 0.1) is 11.3 Å². The first-order chi connectivity index (χ1) is 8.19. The van der Waals surface area contributed by atoms with Crippen molar-refractivity contribution in [3.63, 3.8) is 0 Å². The summed E-state index contributed by atoms with van der Waals surface area (Å²) in [6.07, 6.45) is 2.15. The molecule has 4 heteroatoms. The van der Waals surface area contributed by atoms with Gasteiger partial charge in [0, 0.05) is 19.2 Å². The minimum atomic E-state index is 0.0496. The normalized spacial score (nSPS) is 9.71. The molecule has 1 aromatic carbocycles. The van der Waals surface area contributed by atoms with Crippen LogP contribution in [0.5, 0.6) is 0 Å². The van der Waals surface area contributed by atoms with Crippen LogP contribution in [-0.4, -0.2) is 19.5 Å². The van der Waals surface area contributed by atoms with Gasteiger partial charge >= 0.3 is 0 Å². The van der Waals surface area contributed by atoms with Crippen molar-refractivity contribution in [1.29, 1.82) is 5.26 Å². The smallest absolute Gasteiger partial charge is 0.226 e. The Balaban J connectivity index is 2.65. The zero-order chi connectivity index (χ0) is 12.7. The lowest BCUT2D eigenvalue weighted by Crippen LogP contribution is -2.26. The van der Waals surface area contributed by atoms with Gasteiger partial charge in [-0.25, -0.2) is 0 Å². The molecule has 0 atom stereocenters. The number of unbranched alkanes of at least 4 members (excludes halogenated alkanes) is 1. The first-order valence-electron chi connectivity index (χ1n) is 5.66. The maximum Gasteiger partial charge on any atom is 0.226 e. The Kier molecular flexibility index (Phi) is 5.18. The van der Waals surface area contributed by atoms with E-state index >= 15 is 0 Å². The van der Waals surface area contributed by atoms with Crippen LogP contribution < -0.4 is 10.6 Å². The molecule has 4 nitrogen and oxygen atoms in total. The molecule has 0 aliphatic heterocycles. The monoisotopic (exact) mass is 231 g/mol. The molecule has 0 unspecified atom stereocenters. The molecular formula is C13H17N3O. The SMILES string of the molecule is CN(C(=O)CCCCN)c1cccc(C#N)c1. The van der Waals surface area contributed by atoms with E-state index in [0.717, 1.165) is 18.5 Å². The summed E-state index contributed by atoms with van der Waals surface area (Å²) >= 11 is 0. The van der Waals surface area contributed by atoms with E-state index < -0.39 is 0 Å². The maximum atomic E-state index is 11.8. The average molecular weight is 231 g/mol. The number of carbonyl (C=O) groups is 1. The Morgan fingerprint density at radius 3 is 2.88 bits per heavy atom. The Labute approximate surface area is 102 Å². The Morgan fingerprint density at radius 1 is 1.47 bits per heavy atom. The highest BCUT2D eigenvalue weighted by molar-refractivity contribution is 5.92. The standard InChI is InChI=1S/C13H17N3O/c1-16(13(17)7-2-3-8-14)12-6-4-5-11(9-12)10-15/h4-6,9H,2-3,7-8,14H2,1H3. The van der Waals surface area contributed by atoms with E-state index in [2.05, 4.69) is 6.07 Å².